The highest BCUT2D eigenvalue weighted by Crippen LogP contribution is 2.24. The van der Waals surface area contributed by atoms with Crippen LogP contribution in [0.5, 0.6) is 0 Å². The number of nitrogens with one attached hydrogen (secondary N) is 2. The standard InChI is InChI=1S/C13H24N2O3/c1-9(2)6-10(11(16)17)7-15-12(18)13(3)4-5-14-8-13/h9-10,14H,4-8H2,1-3H3,(H,15,18)(H,16,17). The van der Waals surface area contributed by atoms with Crippen LogP contribution < -0.4 is 10.6 Å². The zero-order chi connectivity index (χ0) is 13.8. The smallest absolute Gasteiger partial charge is 0.308 e. The highest BCUT2D eigenvalue weighted by atomic mass is 16.4. The van der Waals surface area contributed by atoms with Crippen LogP contribution in [0.3, 0.4) is 0 Å². The lowest BCUT2D eigenvalue weighted by atomic mass is 9.88. The zero-order valence-electron chi connectivity index (χ0n) is 11.5. The van der Waals surface area contributed by atoms with Crippen molar-refractivity contribution in [1.82, 2.24) is 10.6 Å². The van der Waals surface area contributed by atoms with Gasteiger partial charge in [-0.15, -0.1) is 0 Å². The molecule has 1 amide bonds. The number of hydrogen-bond donors (Lipinski definition) is 3. The third-order valence-electron chi connectivity index (χ3n) is 3.53. The molecule has 1 saturated heterocycles. The molecule has 1 rings (SSSR count). The molecule has 0 radical (unpaired) electrons. The Morgan fingerprint density at radius 2 is 2.11 bits per heavy atom. The largest absolute Gasteiger partial charge is 0.481 e. The van der Waals surface area contributed by atoms with Gasteiger partial charge in [-0.25, -0.2) is 0 Å². The lowest BCUT2D eigenvalue weighted by Gasteiger charge is -2.23. The average molecular weight is 256 g/mol. The number of carbonyl (C=O) groups is 2. The lowest BCUT2D eigenvalue weighted by Crippen LogP contribution is -2.43. The van der Waals surface area contributed by atoms with Crippen LogP contribution in [0.4, 0.5) is 0 Å². The average Bonchev–Trinajstić information content (AvgIpc) is 2.71. The van der Waals surface area contributed by atoms with Crippen molar-refractivity contribution in [3.05, 3.63) is 0 Å². The Bertz CT molecular complexity index is 309. The van der Waals surface area contributed by atoms with Crippen molar-refractivity contribution in [2.24, 2.45) is 17.3 Å². The summed E-state index contributed by atoms with van der Waals surface area (Å²) >= 11 is 0. The Morgan fingerprint density at radius 1 is 1.44 bits per heavy atom. The zero-order valence-corrected chi connectivity index (χ0v) is 11.5. The molecule has 0 bridgehead atoms. The summed E-state index contributed by atoms with van der Waals surface area (Å²) in [4.78, 5) is 23.1. The van der Waals surface area contributed by atoms with E-state index in [1.54, 1.807) is 0 Å². The van der Waals surface area contributed by atoms with Gasteiger partial charge in [0.05, 0.1) is 11.3 Å². The van der Waals surface area contributed by atoms with Gasteiger partial charge < -0.3 is 15.7 Å². The lowest BCUT2D eigenvalue weighted by molar-refractivity contribution is -0.142. The second-order valence-corrected chi connectivity index (χ2v) is 5.86. The molecule has 5 nitrogen and oxygen atoms in total. The number of carboxylic acid groups (broad SMARTS) is 1. The highest BCUT2D eigenvalue weighted by Gasteiger charge is 2.36. The van der Waals surface area contributed by atoms with E-state index in [0.717, 1.165) is 13.0 Å². The van der Waals surface area contributed by atoms with Crippen molar-refractivity contribution in [3.8, 4) is 0 Å². The summed E-state index contributed by atoms with van der Waals surface area (Å²) in [5, 5.41) is 15.1. The van der Waals surface area contributed by atoms with Crippen molar-refractivity contribution in [1.29, 1.82) is 0 Å². The van der Waals surface area contributed by atoms with Crippen molar-refractivity contribution in [2.45, 2.75) is 33.6 Å². The fourth-order valence-corrected chi connectivity index (χ4v) is 2.28. The Balaban J connectivity index is 2.46. The quantitative estimate of drug-likeness (QED) is 0.658. The van der Waals surface area contributed by atoms with Crippen LogP contribution in [0, 0.1) is 17.3 Å². The topological polar surface area (TPSA) is 78.4 Å². The molecular weight excluding hydrogens is 232 g/mol. The summed E-state index contributed by atoms with van der Waals surface area (Å²) in [6.45, 7) is 7.63. The highest BCUT2D eigenvalue weighted by molar-refractivity contribution is 5.83. The van der Waals surface area contributed by atoms with E-state index >= 15 is 0 Å². The van der Waals surface area contributed by atoms with Crippen LogP contribution in [-0.4, -0.2) is 36.6 Å². The van der Waals surface area contributed by atoms with E-state index in [1.807, 2.05) is 20.8 Å². The van der Waals surface area contributed by atoms with Gasteiger partial charge in [-0.05, 0) is 32.2 Å². The minimum absolute atomic E-state index is 0.0393. The molecule has 3 N–H and O–H groups in total. The van der Waals surface area contributed by atoms with Gasteiger partial charge in [0, 0.05) is 13.1 Å². The van der Waals surface area contributed by atoms with Crippen LogP contribution in [0.15, 0.2) is 0 Å². The van der Waals surface area contributed by atoms with Gasteiger partial charge in [-0.1, -0.05) is 13.8 Å². The molecular formula is C13H24N2O3. The molecule has 0 saturated carbocycles. The molecule has 0 spiro atoms. The minimum atomic E-state index is -0.835. The third kappa shape index (κ3) is 3.98. The van der Waals surface area contributed by atoms with Gasteiger partial charge in [0.25, 0.3) is 0 Å². The molecule has 1 heterocycles. The van der Waals surface area contributed by atoms with Gasteiger partial charge in [0.2, 0.25) is 5.91 Å². The van der Waals surface area contributed by atoms with Crippen molar-refractivity contribution in [2.75, 3.05) is 19.6 Å². The fraction of sp³-hybridized carbons (Fsp3) is 0.846. The second-order valence-electron chi connectivity index (χ2n) is 5.86. The number of amides is 1. The van der Waals surface area contributed by atoms with E-state index in [-0.39, 0.29) is 17.9 Å². The van der Waals surface area contributed by atoms with E-state index < -0.39 is 11.9 Å². The van der Waals surface area contributed by atoms with Crippen molar-refractivity contribution in [3.63, 3.8) is 0 Å². The molecule has 0 aliphatic carbocycles. The van der Waals surface area contributed by atoms with E-state index in [0.29, 0.717) is 18.9 Å². The Labute approximate surface area is 108 Å². The normalized spacial score (nSPS) is 25.1. The first kappa shape index (κ1) is 15.0. The van der Waals surface area contributed by atoms with Crippen LogP contribution in [-0.2, 0) is 9.59 Å². The number of hydrogen-bond acceptors (Lipinski definition) is 3. The van der Waals surface area contributed by atoms with Crippen molar-refractivity contribution >= 4 is 11.9 Å². The third-order valence-corrected chi connectivity index (χ3v) is 3.53. The molecule has 1 fully saturated rings. The Kier molecular flexibility index (Phi) is 5.14. The molecule has 1 aliphatic heterocycles. The van der Waals surface area contributed by atoms with Crippen LogP contribution in [0.25, 0.3) is 0 Å². The van der Waals surface area contributed by atoms with Gasteiger partial charge in [-0.3, -0.25) is 9.59 Å². The van der Waals surface area contributed by atoms with E-state index in [1.165, 1.54) is 0 Å². The number of aliphatic carboxylic acids is 1. The summed E-state index contributed by atoms with van der Waals surface area (Å²) in [7, 11) is 0. The second kappa shape index (κ2) is 6.18. The van der Waals surface area contributed by atoms with Gasteiger partial charge in [0.1, 0.15) is 0 Å². The molecule has 5 heteroatoms. The summed E-state index contributed by atoms with van der Waals surface area (Å²) in [5.41, 5.74) is -0.388. The van der Waals surface area contributed by atoms with Crippen LogP contribution in [0.1, 0.15) is 33.6 Å². The summed E-state index contributed by atoms with van der Waals surface area (Å²) < 4.78 is 0. The van der Waals surface area contributed by atoms with Gasteiger partial charge in [-0.2, -0.15) is 0 Å². The Hall–Kier alpha value is -1.10. The first-order valence-corrected chi connectivity index (χ1v) is 6.57. The molecule has 0 aromatic heterocycles. The van der Waals surface area contributed by atoms with E-state index in [9.17, 15) is 9.59 Å². The Morgan fingerprint density at radius 3 is 2.56 bits per heavy atom. The van der Waals surface area contributed by atoms with E-state index in [2.05, 4.69) is 10.6 Å². The number of carboxylic acids is 1. The van der Waals surface area contributed by atoms with Gasteiger partial charge in [0.15, 0.2) is 0 Å². The monoisotopic (exact) mass is 256 g/mol. The first-order chi connectivity index (χ1) is 8.35. The molecule has 2 unspecified atom stereocenters. The maximum atomic E-state index is 12.0. The molecule has 2 atom stereocenters. The number of carbonyl (C=O) groups excluding carboxylic acids is 1. The van der Waals surface area contributed by atoms with E-state index in [4.69, 9.17) is 5.11 Å². The molecule has 18 heavy (non-hydrogen) atoms. The predicted molar refractivity (Wildman–Crippen MR) is 69.2 cm³/mol. The fourth-order valence-electron chi connectivity index (χ4n) is 2.28. The van der Waals surface area contributed by atoms with Crippen molar-refractivity contribution < 1.29 is 14.7 Å². The minimum Gasteiger partial charge on any atom is -0.481 e. The SMILES string of the molecule is CC(C)CC(CNC(=O)C1(C)CCNC1)C(=O)O. The predicted octanol–water partition coefficient (Wildman–Crippen LogP) is 0.849. The van der Waals surface area contributed by atoms with Crippen LogP contribution in [0.2, 0.25) is 0 Å². The van der Waals surface area contributed by atoms with Crippen LogP contribution >= 0.6 is 0 Å². The molecule has 0 aromatic rings. The molecule has 104 valence electrons. The molecule has 0 aromatic carbocycles. The molecule has 1 aliphatic rings. The summed E-state index contributed by atoms with van der Waals surface area (Å²) in [5.74, 6) is -1.06. The summed E-state index contributed by atoms with van der Waals surface area (Å²) in [6, 6.07) is 0. The first-order valence-electron chi connectivity index (χ1n) is 6.57. The number of rotatable bonds is 6. The maximum Gasteiger partial charge on any atom is 0.308 e. The maximum absolute atomic E-state index is 12.0. The van der Waals surface area contributed by atoms with Gasteiger partial charge >= 0.3 is 5.97 Å². The summed E-state index contributed by atoms with van der Waals surface area (Å²) in [6.07, 6.45) is 1.39.